The highest BCUT2D eigenvalue weighted by atomic mass is 16.5. The number of anilines is 1. The minimum absolute atomic E-state index is 0.284. The first kappa shape index (κ1) is 12.5. The van der Waals surface area contributed by atoms with Crippen LogP contribution in [0.25, 0.3) is 0 Å². The molecule has 2 aromatic heterocycles. The summed E-state index contributed by atoms with van der Waals surface area (Å²) in [7, 11) is 1.54. The van der Waals surface area contributed by atoms with Gasteiger partial charge in [-0.3, -0.25) is 4.79 Å². The van der Waals surface area contributed by atoms with Crippen LogP contribution in [0.3, 0.4) is 0 Å². The largest absolute Gasteiger partial charge is 0.481 e. The first-order valence-corrected chi connectivity index (χ1v) is 6.20. The Morgan fingerprint density at radius 2 is 2.35 bits per heavy atom. The van der Waals surface area contributed by atoms with E-state index in [2.05, 4.69) is 25.9 Å². The maximum atomic E-state index is 12.0. The highest BCUT2D eigenvalue weighted by molar-refractivity contribution is 6.02. The Morgan fingerprint density at radius 1 is 1.50 bits per heavy atom. The molecule has 1 amide bonds. The van der Waals surface area contributed by atoms with Gasteiger partial charge in [-0.15, -0.1) is 5.10 Å². The van der Waals surface area contributed by atoms with E-state index in [0.29, 0.717) is 11.6 Å². The molecule has 1 aliphatic rings. The second kappa shape index (κ2) is 5.25. The number of ether oxygens (including phenoxy) is 1. The van der Waals surface area contributed by atoms with Crippen molar-refractivity contribution >= 4 is 11.6 Å². The predicted molar refractivity (Wildman–Crippen MR) is 70.7 cm³/mol. The summed E-state index contributed by atoms with van der Waals surface area (Å²) in [4.78, 5) is 16.0. The van der Waals surface area contributed by atoms with Crippen LogP contribution < -0.4 is 15.4 Å². The number of hydrogen-bond donors (Lipinski definition) is 2. The number of aromatic nitrogens is 4. The van der Waals surface area contributed by atoms with E-state index in [-0.39, 0.29) is 17.6 Å². The lowest BCUT2D eigenvalue weighted by molar-refractivity contribution is 0.102. The molecule has 104 valence electrons. The summed E-state index contributed by atoms with van der Waals surface area (Å²) >= 11 is 0. The van der Waals surface area contributed by atoms with Crippen LogP contribution in [-0.4, -0.2) is 46.1 Å². The average Bonchev–Trinajstić information content (AvgIpc) is 2.87. The molecule has 0 saturated carbocycles. The van der Waals surface area contributed by atoms with Gasteiger partial charge in [-0.2, -0.15) is 0 Å². The highest BCUT2D eigenvalue weighted by Crippen LogP contribution is 2.13. The highest BCUT2D eigenvalue weighted by Gasteiger charge is 2.21. The fourth-order valence-electron chi connectivity index (χ4n) is 1.79. The van der Waals surface area contributed by atoms with Crippen molar-refractivity contribution in [3.63, 3.8) is 0 Å². The molecule has 0 aliphatic carbocycles. The average molecular weight is 274 g/mol. The Hall–Kier alpha value is -2.48. The number of rotatable bonds is 4. The van der Waals surface area contributed by atoms with Crippen molar-refractivity contribution in [2.75, 3.05) is 25.5 Å². The van der Waals surface area contributed by atoms with Gasteiger partial charge in [-0.1, -0.05) is 5.21 Å². The fraction of sp³-hybridized carbons (Fsp3) is 0.333. The van der Waals surface area contributed by atoms with Crippen LogP contribution in [0.1, 0.15) is 16.5 Å². The first-order valence-electron chi connectivity index (χ1n) is 6.20. The van der Waals surface area contributed by atoms with Crippen molar-refractivity contribution in [2.45, 2.75) is 6.04 Å². The van der Waals surface area contributed by atoms with Gasteiger partial charge in [0.05, 0.1) is 31.2 Å². The van der Waals surface area contributed by atoms with Gasteiger partial charge in [0.15, 0.2) is 5.69 Å². The number of methoxy groups -OCH3 is 1. The van der Waals surface area contributed by atoms with E-state index < -0.39 is 0 Å². The second-order valence-corrected chi connectivity index (χ2v) is 4.44. The van der Waals surface area contributed by atoms with Crippen LogP contribution in [0.2, 0.25) is 0 Å². The molecule has 0 aromatic carbocycles. The van der Waals surface area contributed by atoms with Crippen LogP contribution in [-0.2, 0) is 0 Å². The van der Waals surface area contributed by atoms with Crippen LogP contribution in [0.4, 0.5) is 5.69 Å². The zero-order chi connectivity index (χ0) is 13.9. The summed E-state index contributed by atoms with van der Waals surface area (Å²) in [5, 5.41) is 13.7. The zero-order valence-electron chi connectivity index (χ0n) is 10.9. The van der Waals surface area contributed by atoms with E-state index in [1.54, 1.807) is 23.0 Å². The van der Waals surface area contributed by atoms with Gasteiger partial charge >= 0.3 is 0 Å². The molecule has 2 N–H and O–H groups in total. The second-order valence-electron chi connectivity index (χ2n) is 4.44. The Morgan fingerprint density at radius 3 is 2.95 bits per heavy atom. The van der Waals surface area contributed by atoms with Crippen LogP contribution >= 0.6 is 0 Å². The topological polar surface area (TPSA) is 94.0 Å². The monoisotopic (exact) mass is 274 g/mol. The molecule has 8 nitrogen and oxygen atoms in total. The van der Waals surface area contributed by atoms with E-state index in [1.165, 1.54) is 13.3 Å². The molecule has 1 fully saturated rings. The number of carbonyl (C=O) groups is 1. The predicted octanol–water partition coefficient (Wildman–Crippen LogP) is 0.0783. The van der Waals surface area contributed by atoms with Gasteiger partial charge in [0, 0.05) is 19.2 Å². The van der Waals surface area contributed by atoms with Crippen molar-refractivity contribution in [2.24, 2.45) is 0 Å². The first-order chi connectivity index (χ1) is 9.76. The summed E-state index contributed by atoms with van der Waals surface area (Å²) in [6.07, 6.45) is 3.18. The molecule has 3 heterocycles. The lowest BCUT2D eigenvalue weighted by Crippen LogP contribution is -2.43. The smallest absolute Gasteiger partial charge is 0.277 e. The zero-order valence-corrected chi connectivity index (χ0v) is 10.9. The molecular formula is C12H14N6O2. The van der Waals surface area contributed by atoms with Gasteiger partial charge in [0.2, 0.25) is 5.88 Å². The van der Waals surface area contributed by atoms with Gasteiger partial charge in [0.1, 0.15) is 0 Å². The number of carbonyl (C=O) groups excluding carboxylic acids is 1. The number of nitrogens with zero attached hydrogens (tertiary/aromatic N) is 4. The molecule has 2 aromatic rings. The summed E-state index contributed by atoms with van der Waals surface area (Å²) in [5.41, 5.74) is 0.864. The quantitative estimate of drug-likeness (QED) is 0.820. The Balaban J connectivity index is 1.67. The Kier molecular flexibility index (Phi) is 3.30. The normalized spacial score (nSPS) is 14.7. The van der Waals surface area contributed by atoms with Crippen LogP contribution in [0, 0.1) is 0 Å². The number of amides is 1. The van der Waals surface area contributed by atoms with Gasteiger partial charge < -0.3 is 15.4 Å². The third-order valence-electron chi connectivity index (χ3n) is 3.08. The summed E-state index contributed by atoms with van der Waals surface area (Å²) < 4.78 is 6.66. The molecule has 0 bridgehead atoms. The molecule has 0 spiro atoms. The minimum atomic E-state index is -0.310. The summed E-state index contributed by atoms with van der Waals surface area (Å²) in [6, 6.07) is 3.67. The third kappa shape index (κ3) is 2.45. The number of nitrogens with one attached hydrogen (secondary N) is 2. The van der Waals surface area contributed by atoms with Crippen molar-refractivity contribution in [1.82, 2.24) is 25.3 Å². The van der Waals surface area contributed by atoms with E-state index in [4.69, 9.17) is 4.74 Å². The minimum Gasteiger partial charge on any atom is -0.481 e. The van der Waals surface area contributed by atoms with E-state index in [9.17, 15) is 4.79 Å². The molecule has 1 aliphatic heterocycles. The Bertz CT molecular complexity index is 605. The molecule has 8 heteroatoms. The van der Waals surface area contributed by atoms with Crippen LogP contribution in [0.5, 0.6) is 5.88 Å². The van der Waals surface area contributed by atoms with E-state index >= 15 is 0 Å². The van der Waals surface area contributed by atoms with Crippen LogP contribution in [0.15, 0.2) is 24.5 Å². The maximum absolute atomic E-state index is 12.0. The molecular weight excluding hydrogens is 260 g/mol. The number of hydrogen-bond acceptors (Lipinski definition) is 6. The lowest BCUT2D eigenvalue weighted by Gasteiger charge is -2.26. The Labute approximate surface area is 115 Å². The van der Waals surface area contributed by atoms with Gasteiger partial charge in [0.25, 0.3) is 5.91 Å². The summed E-state index contributed by atoms with van der Waals surface area (Å²) in [5.74, 6) is 0.182. The van der Waals surface area contributed by atoms with E-state index in [0.717, 1.165) is 13.1 Å². The molecule has 20 heavy (non-hydrogen) atoms. The lowest BCUT2D eigenvalue weighted by atomic mass is 10.2. The molecule has 3 rings (SSSR count). The van der Waals surface area contributed by atoms with Crippen molar-refractivity contribution in [3.8, 4) is 5.88 Å². The van der Waals surface area contributed by atoms with Gasteiger partial charge in [-0.25, -0.2) is 9.67 Å². The van der Waals surface area contributed by atoms with E-state index in [1.807, 2.05) is 0 Å². The SMILES string of the molecule is COc1ccc(NC(=O)c2cn(C3CNC3)nn2)cn1. The molecule has 0 radical (unpaired) electrons. The molecule has 0 atom stereocenters. The molecule has 0 unspecified atom stereocenters. The third-order valence-corrected chi connectivity index (χ3v) is 3.08. The fourth-order valence-corrected chi connectivity index (χ4v) is 1.79. The molecule has 1 saturated heterocycles. The standard InChI is InChI=1S/C12H14N6O2/c1-20-11-3-2-8(4-14-11)15-12(19)10-7-18(17-16-10)9-5-13-6-9/h2-4,7,9,13H,5-6H2,1H3,(H,15,19). The number of pyridine rings is 1. The summed E-state index contributed by atoms with van der Waals surface area (Å²) in [6.45, 7) is 1.71. The van der Waals surface area contributed by atoms with Crippen molar-refractivity contribution in [3.05, 3.63) is 30.2 Å². The van der Waals surface area contributed by atoms with Crippen molar-refractivity contribution < 1.29 is 9.53 Å². The van der Waals surface area contributed by atoms with Gasteiger partial charge in [-0.05, 0) is 6.07 Å². The van der Waals surface area contributed by atoms with Crippen molar-refractivity contribution in [1.29, 1.82) is 0 Å². The maximum Gasteiger partial charge on any atom is 0.277 e.